The molecular weight excluding hydrogens is 312 g/mol. The van der Waals surface area contributed by atoms with E-state index in [2.05, 4.69) is 0 Å². The van der Waals surface area contributed by atoms with Crippen LogP contribution in [0.15, 0.2) is 46.7 Å². The average Bonchev–Trinajstić information content (AvgIpc) is 2.98. The van der Waals surface area contributed by atoms with Crippen LogP contribution in [0.3, 0.4) is 0 Å². The summed E-state index contributed by atoms with van der Waals surface area (Å²) in [6, 6.07) is 8.76. The van der Waals surface area contributed by atoms with Crippen LogP contribution in [0.1, 0.15) is 20.0 Å². The van der Waals surface area contributed by atoms with Crippen molar-refractivity contribution in [1.82, 2.24) is 0 Å². The second-order valence-electron chi connectivity index (χ2n) is 4.27. The first-order valence-electron chi connectivity index (χ1n) is 5.92. The van der Waals surface area contributed by atoms with Crippen molar-refractivity contribution < 1.29 is 22.7 Å². The molecule has 1 heterocycles. The zero-order valence-electron chi connectivity index (χ0n) is 11.1. The summed E-state index contributed by atoms with van der Waals surface area (Å²) in [5.41, 5.74) is 0.196. The summed E-state index contributed by atoms with van der Waals surface area (Å²) in [4.78, 5) is 24.1. The molecule has 0 aliphatic heterocycles. The Morgan fingerprint density at radius 2 is 1.81 bits per heavy atom. The molecular formula is C14H12O5S2. The maximum atomic E-state index is 11.8. The number of hydrogen-bond acceptors (Lipinski definition) is 6. The second kappa shape index (κ2) is 6.19. The van der Waals surface area contributed by atoms with Gasteiger partial charge in [-0.15, -0.1) is 11.3 Å². The third-order valence-electron chi connectivity index (χ3n) is 2.65. The predicted molar refractivity (Wildman–Crippen MR) is 78.5 cm³/mol. The summed E-state index contributed by atoms with van der Waals surface area (Å²) in [7, 11) is -3.31. The molecule has 1 aromatic heterocycles. The fourth-order valence-electron chi connectivity index (χ4n) is 1.56. The van der Waals surface area contributed by atoms with E-state index < -0.39 is 15.8 Å². The first-order valence-corrected chi connectivity index (χ1v) is 8.69. The standard InChI is InChI=1S/C14H12O5S2/c1-21(17,18)11-6-4-10(5-7-11)14(16)19-9-12(15)13-3-2-8-20-13/h2-8H,9H2,1H3. The molecule has 0 unspecified atom stereocenters. The lowest BCUT2D eigenvalue weighted by atomic mass is 10.2. The van der Waals surface area contributed by atoms with Crippen molar-refractivity contribution in [2.24, 2.45) is 0 Å². The van der Waals surface area contributed by atoms with E-state index in [4.69, 9.17) is 4.74 Å². The topological polar surface area (TPSA) is 77.5 Å². The lowest BCUT2D eigenvalue weighted by molar-refractivity contribution is 0.0475. The van der Waals surface area contributed by atoms with Crippen LogP contribution in [0.2, 0.25) is 0 Å². The van der Waals surface area contributed by atoms with Gasteiger partial charge >= 0.3 is 5.97 Å². The Bertz CT molecular complexity index is 743. The number of Topliss-reactive ketones (excluding diaryl/α,β-unsaturated/α-hetero) is 1. The highest BCUT2D eigenvalue weighted by Gasteiger charge is 2.13. The number of esters is 1. The van der Waals surface area contributed by atoms with Gasteiger partial charge in [-0.1, -0.05) is 6.07 Å². The number of carbonyl (C=O) groups is 2. The highest BCUT2D eigenvalue weighted by Crippen LogP contribution is 2.12. The molecule has 7 heteroatoms. The van der Waals surface area contributed by atoms with Gasteiger partial charge in [-0.2, -0.15) is 0 Å². The Hall–Kier alpha value is -1.99. The molecule has 0 aliphatic carbocycles. The van der Waals surface area contributed by atoms with Gasteiger partial charge in [0.15, 0.2) is 16.4 Å². The Morgan fingerprint density at radius 1 is 1.14 bits per heavy atom. The molecule has 0 fully saturated rings. The number of hydrogen-bond donors (Lipinski definition) is 0. The number of rotatable bonds is 5. The van der Waals surface area contributed by atoms with Crippen molar-refractivity contribution in [3.05, 3.63) is 52.2 Å². The van der Waals surface area contributed by atoms with Crippen LogP contribution in [0.5, 0.6) is 0 Å². The Kier molecular flexibility index (Phi) is 4.54. The van der Waals surface area contributed by atoms with Crippen molar-refractivity contribution in [2.75, 3.05) is 12.9 Å². The number of ketones is 1. The van der Waals surface area contributed by atoms with Crippen molar-refractivity contribution in [1.29, 1.82) is 0 Å². The second-order valence-corrected chi connectivity index (χ2v) is 7.24. The van der Waals surface area contributed by atoms with E-state index in [1.54, 1.807) is 17.5 Å². The van der Waals surface area contributed by atoms with Crippen LogP contribution in [0.4, 0.5) is 0 Å². The van der Waals surface area contributed by atoms with Crippen molar-refractivity contribution in [3.63, 3.8) is 0 Å². The number of sulfone groups is 1. The number of benzene rings is 1. The van der Waals surface area contributed by atoms with Crippen LogP contribution in [0, 0.1) is 0 Å². The van der Waals surface area contributed by atoms with Gasteiger partial charge in [-0.3, -0.25) is 4.79 Å². The van der Waals surface area contributed by atoms with Gasteiger partial charge in [-0.25, -0.2) is 13.2 Å². The molecule has 0 aliphatic rings. The minimum absolute atomic E-state index is 0.119. The molecule has 0 bridgehead atoms. The molecule has 2 aromatic rings. The molecule has 21 heavy (non-hydrogen) atoms. The summed E-state index contributed by atoms with van der Waals surface area (Å²) in [6.07, 6.45) is 1.08. The summed E-state index contributed by atoms with van der Waals surface area (Å²) < 4.78 is 27.5. The van der Waals surface area contributed by atoms with E-state index in [1.165, 1.54) is 35.6 Å². The van der Waals surface area contributed by atoms with Crippen molar-refractivity contribution in [2.45, 2.75) is 4.90 Å². The Labute approximate surface area is 126 Å². The SMILES string of the molecule is CS(=O)(=O)c1ccc(C(=O)OCC(=O)c2cccs2)cc1. The van der Waals surface area contributed by atoms with Gasteiger partial charge in [0.1, 0.15) is 0 Å². The van der Waals surface area contributed by atoms with Gasteiger partial charge in [-0.05, 0) is 35.7 Å². The molecule has 110 valence electrons. The van der Waals surface area contributed by atoms with E-state index in [-0.39, 0.29) is 22.8 Å². The van der Waals surface area contributed by atoms with Gasteiger partial charge in [0.05, 0.1) is 15.3 Å². The van der Waals surface area contributed by atoms with Gasteiger partial charge in [0.2, 0.25) is 5.78 Å². The maximum absolute atomic E-state index is 11.8. The molecule has 0 N–H and O–H groups in total. The monoisotopic (exact) mass is 324 g/mol. The summed E-state index contributed by atoms with van der Waals surface area (Å²) in [5, 5.41) is 1.76. The fraction of sp³-hybridized carbons (Fsp3) is 0.143. The first-order chi connectivity index (χ1) is 9.88. The molecule has 0 radical (unpaired) electrons. The summed E-state index contributed by atoms with van der Waals surface area (Å²) in [6.45, 7) is -0.340. The maximum Gasteiger partial charge on any atom is 0.338 e. The van der Waals surface area contributed by atoms with E-state index in [1.807, 2.05) is 0 Å². The molecule has 5 nitrogen and oxygen atoms in total. The van der Waals surface area contributed by atoms with Gasteiger partial charge in [0, 0.05) is 6.26 Å². The van der Waals surface area contributed by atoms with E-state index >= 15 is 0 Å². The number of carbonyl (C=O) groups excluding carboxylic acids is 2. The Morgan fingerprint density at radius 3 is 2.33 bits per heavy atom. The molecule has 2 rings (SSSR count). The minimum atomic E-state index is -3.31. The van der Waals surface area contributed by atoms with Crippen LogP contribution in [-0.4, -0.2) is 33.0 Å². The predicted octanol–water partition coefficient (Wildman–Crippen LogP) is 2.19. The summed E-state index contributed by atoms with van der Waals surface area (Å²) in [5.74, 6) is -0.939. The minimum Gasteiger partial charge on any atom is -0.454 e. The summed E-state index contributed by atoms with van der Waals surface area (Å²) >= 11 is 1.28. The average molecular weight is 324 g/mol. The normalized spacial score (nSPS) is 11.1. The van der Waals surface area contributed by atoms with E-state index in [9.17, 15) is 18.0 Å². The van der Waals surface area contributed by atoms with Gasteiger partial charge in [0.25, 0.3) is 0 Å². The Balaban J connectivity index is 1.99. The largest absolute Gasteiger partial charge is 0.454 e. The van der Waals surface area contributed by atoms with Crippen LogP contribution < -0.4 is 0 Å². The zero-order valence-corrected chi connectivity index (χ0v) is 12.7. The smallest absolute Gasteiger partial charge is 0.338 e. The van der Waals surface area contributed by atoms with Crippen molar-refractivity contribution >= 4 is 32.9 Å². The fourth-order valence-corrected chi connectivity index (χ4v) is 2.84. The van der Waals surface area contributed by atoms with Crippen LogP contribution in [-0.2, 0) is 14.6 Å². The molecule has 0 atom stereocenters. The molecule has 1 aromatic carbocycles. The highest BCUT2D eigenvalue weighted by atomic mass is 32.2. The molecule has 0 spiro atoms. The lowest BCUT2D eigenvalue weighted by Gasteiger charge is -2.04. The third kappa shape index (κ3) is 3.99. The molecule has 0 saturated carbocycles. The van der Waals surface area contributed by atoms with Gasteiger partial charge < -0.3 is 4.74 Å². The number of ether oxygens (including phenoxy) is 1. The zero-order chi connectivity index (χ0) is 15.5. The lowest BCUT2D eigenvalue weighted by Crippen LogP contribution is -2.13. The quantitative estimate of drug-likeness (QED) is 0.622. The molecule has 0 saturated heterocycles. The van der Waals surface area contributed by atoms with E-state index in [0.29, 0.717) is 4.88 Å². The highest BCUT2D eigenvalue weighted by molar-refractivity contribution is 7.90. The van der Waals surface area contributed by atoms with Crippen LogP contribution in [0.25, 0.3) is 0 Å². The molecule has 0 amide bonds. The van der Waals surface area contributed by atoms with Crippen molar-refractivity contribution in [3.8, 4) is 0 Å². The third-order valence-corrected chi connectivity index (χ3v) is 4.69. The van der Waals surface area contributed by atoms with Crippen LogP contribution >= 0.6 is 11.3 Å². The first kappa shape index (κ1) is 15.4. The van der Waals surface area contributed by atoms with E-state index in [0.717, 1.165) is 6.26 Å². The number of thiophene rings is 1.